The van der Waals surface area contributed by atoms with E-state index in [0.717, 1.165) is 16.3 Å². The molecule has 0 bridgehead atoms. The molecule has 0 amide bonds. The average Bonchev–Trinajstić information content (AvgIpc) is 3.19. The van der Waals surface area contributed by atoms with Crippen LogP contribution in [-0.2, 0) is 19.0 Å². The average molecular weight is 448 g/mol. The SMILES string of the molecule is CC(OS(=O)(=O)C(F)(F)F)=C1CC(c2ccccc2)OC1c1ccc2ccccc2c1. The second kappa shape index (κ2) is 8.01. The van der Waals surface area contributed by atoms with Gasteiger partial charge in [-0.15, -0.1) is 0 Å². The van der Waals surface area contributed by atoms with Crippen molar-refractivity contribution in [3.63, 3.8) is 0 Å². The minimum Gasteiger partial charge on any atom is -0.381 e. The van der Waals surface area contributed by atoms with Crippen LogP contribution in [0.1, 0.15) is 36.7 Å². The summed E-state index contributed by atoms with van der Waals surface area (Å²) >= 11 is 0. The van der Waals surface area contributed by atoms with E-state index >= 15 is 0 Å². The van der Waals surface area contributed by atoms with Crippen molar-refractivity contribution in [2.24, 2.45) is 0 Å². The van der Waals surface area contributed by atoms with Crippen molar-refractivity contribution >= 4 is 20.9 Å². The molecular formula is C23H19F3O4S. The van der Waals surface area contributed by atoms with E-state index < -0.39 is 27.8 Å². The molecule has 0 saturated carbocycles. The Hall–Kier alpha value is -2.84. The molecule has 1 heterocycles. The molecule has 31 heavy (non-hydrogen) atoms. The third-order valence-electron chi connectivity index (χ3n) is 5.24. The number of alkyl halides is 3. The Morgan fingerprint density at radius 3 is 2.26 bits per heavy atom. The Morgan fingerprint density at radius 1 is 0.935 bits per heavy atom. The van der Waals surface area contributed by atoms with Gasteiger partial charge in [-0.2, -0.15) is 21.6 Å². The maximum Gasteiger partial charge on any atom is 0.534 e. The molecule has 3 aromatic carbocycles. The number of fused-ring (bicyclic) bond motifs is 1. The highest BCUT2D eigenvalue weighted by Gasteiger charge is 2.49. The summed E-state index contributed by atoms with van der Waals surface area (Å²) in [6.45, 7) is 1.23. The molecule has 0 radical (unpaired) electrons. The van der Waals surface area contributed by atoms with Crippen LogP contribution in [-0.4, -0.2) is 13.9 Å². The Bertz CT molecular complexity index is 1230. The lowest BCUT2D eigenvalue weighted by atomic mass is 9.96. The first-order valence-electron chi connectivity index (χ1n) is 9.55. The van der Waals surface area contributed by atoms with E-state index in [1.165, 1.54) is 6.92 Å². The molecule has 1 saturated heterocycles. The number of halogens is 3. The van der Waals surface area contributed by atoms with Gasteiger partial charge < -0.3 is 8.92 Å². The molecule has 0 aliphatic carbocycles. The highest BCUT2D eigenvalue weighted by molar-refractivity contribution is 7.87. The standard InChI is InChI=1S/C23H19F3O4S/c1-15(30-31(27,28)23(24,25)26)20-14-21(17-8-3-2-4-9-17)29-22(20)19-12-11-16-7-5-6-10-18(16)13-19/h2-13,21-22H,14H2,1H3. The molecule has 2 unspecified atom stereocenters. The molecule has 0 N–H and O–H groups in total. The minimum absolute atomic E-state index is 0.209. The number of rotatable bonds is 4. The zero-order chi connectivity index (χ0) is 22.2. The van der Waals surface area contributed by atoms with Gasteiger partial charge in [-0.05, 0) is 34.9 Å². The van der Waals surface area contributed by atoms with Crippen LogP contribution in [0.5, 0.6) is 0 Å². The Labute approximate surface area is 178 Å². The van der Waals surface area contributed by atoms with Gasteiger partial charge in [0.25, 0.3) is 0 Å². The quantitative estimate of drug-likeness (QED) is 0.272. The van der Waals surface area contributed by atoms with Gasteiger partial charge in [-0.25, -0.2) is 0 Å². The lowest BCUT2D eigenvalue weighted by molar-refractivity contribution is -0.0522. The molecule has 4 nitrogen and oxygen atoms in total. The smallest absolute Gasteiger partial charge is 0.381 e. The van der Waals surface area contributed by atoms with Crippen molar-refractivity contribution in [2.75, 3.05) is 0 Å². The second-order valence-electron chi connectivity index (χ2n) is 7.29. The lowest BCUT2D eigenvalue weighted by Gasteiger charge is -2.17. The van der Waals surface area contributed by atoms with Crippen LogP contribution >= 0.6 is 0 Å². The highest BCUT2D eigenvalue weighted by atomic mass is 32.2. The molecule has 1 aliphatic heterocycles. The summed E-state index contributed by atoms with van der Waals surface area (Å²) < 4.78 is 72.3. The number of hydrogen-bond donors (Lipinski definition) is 0. The van der Waals surface area contributed by atoms with E-state index in [1.807, 2.05) is 72.8 Å². The first kappa shape index (κ1) is 21.4. The molecule has 8 heteroatoms. The third-order valence-corrected chi connectivity index (χ3v) is 6.28. The van der Waals surface area contributed by atoms with Crippen LogP contribution in [0.4, 0.5) is 13.2 Å². The third kappa shape index (κ3) is 4.31. The number of benzene rings is 3. The fourth-order valence-electron chi connectivity index (χ4n) is 3.71. The summed E-state index contributed by atoms with van der Waals surface area (Å²) in [5, 5.41) is 1.94. The van der Waals surface area contributed by atoms with Crippen LogP contribution in [0.15, 0.2) is 84.1 Å². The largest absolute Gasteiger partial charge is 0.534 e. The van der Waals surface area contributed by atoms with E-state index in [4.69, 9.17) is 4.74 Å². The van der Waals surface area contributed by atoms with Crippen LogP contribution in [0.3, 0.4) is 0 Å². The first-order chi connectivity index (χ1) is 14.7. The summed E-state index contributed by atoms with van der Waals surface area (Å²) in [7, 11) is -5.77. The van der Waals surface area contributed by atoms with E-state index in [-0.39, 0.29) is 12.2 Å². The summed E-state index contributed by atoms with van der Waals surface area (Å²) in [6, 6.07) is 22.5. The van der Waals surface area contributed by atoms with Crippen LogP contribution in [0.25, 0.3) is 10.8 Å². The van der Waals surface area contributed by atoms with Gasteiger partial charge in [0.05, 0.1) is 6.10 Å². The van der Waals surface area contributed by atoms with E-state index in [9.17, 15) is 21.6 Å². The van der Waals surface area contributed by atoms with Gasteiger partial charge in [0.2, 0.25) is 0 Å². The number of ether oxygens (including phenoxy) is 1. The van der Waals surface area contributed by atoms with Crippen LogP contribution < -0.4 is 0 Å². The fraction of sp³-hybridized carbons (Fsp3) is 0.217. The summed E-state index contributed by atoms with van der Waals surface area (Å²) in [5.41, 5.74) is -3.60. The molecule has 4 rings (SSSR count). The van der Waals surface area contributed by atoms with Crippen LogP contribution in [0, 0.1) is 0 Å². The monoisotopic (exact) mass is 448 g/mol. The zero-order valence-corrected chi connectivity index (χ0v) is 17.3. The summed E-state index contributed by atoms with van der Waals surface area (Å²) in [5.74, 6) is -0.325. The molecule has 0 spiro atoms. The van der Waals surface area contributed by atoms with Gasteiger partial charge in [-0.3, -0.25) is 0 Å². The molecule has 162 valence electrons. The van der Waals surface area contributed by atoms with Crippen molar-refractivity contribution in [1.82, 2.24) is 0 Å². The van der Waals surface area contributed by atoms with Crippen molar-refractivity contribution in [2.45, 2.75) is 31.1 Å². The molecule has 0 aromatic heterocycles. The van der Waals surface area contributed by atoms with Gasteiger partial charge >= 0.3 is 15.6 Å². The highest BCUT2D eigenvalue weighted by Crippen LogP contribution is 2.47. The molecule has 1 fully saturated rings. The molecule has 1 aliphatic rings. The Balaban J connectivity index is 1.77. The van der Waals surface area contributed by atoms with Crippen molar-refractivity contribution in [1.29, 1.82) is 0 Å². The van der Waals surface area contributed by atoms with Gasteiger partial charge in [0, 0.05) is 12.0 Å². The van der Waals surface area contributed by atoms with Crippen molar-refractivity contribution < 1.29 is 30.5 Å². The maximum absolute atomic E-state index is 12.9. The summed E-state index contributed by atoms with van der Waals surface area (Å²) in [4.78, 5) is 0. The normalized spacial score (nSPS) is 21.3. The Morgan fingerprint density at radius 2 is 1.58 bits per heavy atom. The van der Waals surface area contributed by atoms with E-state index in [2.05, 4.69) is 4.18 Å². The van der Waals surface area contributed by atoms with Gasteiger partial charge in [0.15, 0.2) is 0 Å². The number of hydrogen-bond acceptors (Lipinski definition) is 4. The van der Waals surface area contributed by atoms with Crippen LogP contribution in [0.2, 0.25) is 0 Å². The first-order valence-corrected chi connectivity index (χ1v) is 11.0. The van der Waals surface area contributed by atoms with Crippen molar-refractivity contribution in [3.05, 3.63) is 95.3 Å². The topological polar surface area (TPSA) is 52.6 Å². The molecular weight excluding hydrogens is 429 g/mol. The van der Waals surface area contributed by atoms with Gasteiger partial charge in [0.1, 0.15) is 11.9 Å². The van der Waals surface area contributed by atoms with Crippen molar-refractivity contribution in [3.8, 4) is 0 Å². The van der Waals surface area contributed by atoms with Gasteiger partial charge in [-0.1, -0.05) is 66.7 Å². The summed E-state index contributed by atoms with van der Waals surface area (Å²) in [6.07, 6.45) is -0.973. The second-order valence-corrected chi connectivity index (χ2v) is 8.83. The lowest BCUT2D eigenvalue weighted by Crippen LogP contribution is -2.25. The fourth-order valence-corrected chi connectivity index (χ4v) is 4.24. The van der Waals surface area contributed by atoms with E-state index in [0.29, 0.717) is 11.1 Å². The molecule has 3 aromatic rings. The number of allylic oxidation sites excluding steroid dienone is 1. The Kier molecular flexibility index (Phi) is 5.53. The minimum atomic E-state index is -5.77. The zero-order valence-electron chi connectivity index (χ0n) is 16.5. The maximum atomic E-state index is 12.9. The van der Waals surface area contributed by atoms with E-state index in [1.54, 1.807) is 0 Å². The predicted octanol–water partition coefficient (Wildman–Crippen LogP) is 6.18. The molecule has 2 atom stereocenters. The predicted molar refractivity (Wildman–Crippen MR) is 110 cm³/mol.